The first-order valence-corrected chi connectivity index (χ1v) is 4.62. The molecule has 0 heterocycles. The highest BCUT2D eigenvalue weighted by molar-refractivity contribution is 5.83. The molecule has 1 atom stereocenters. The summed E-state index contributed by atoms with van der Waals surface area (Å²) in [5.74, 6) is -0.300. The molecule has 3 nitrogen and oxygen atoms in total. The molecule has 3 heteroatoms. The van der Waals surface area contributed by atoms with Crippen LogP contribution in [0.4, 0.5) is 0 Å². The van der Waals surface area contributed by atoms with Gasteiger partial charge in [0.15, 0.2) is 0 Å². The highest BCUT2D eigenvalue weighted by atomic mass is 16.5. The minimum Gasteiger partial charge on any atom is -0.466 e. The third-order valence-electron chi connectivity index (χ3n) is 2.53. The molecule has 0 radical (unpaired) electrons. The zero-order valence-corrected chi connectivity index (χ0v) is 8.87. The lowest BCUT2D eigenvalue weighted by atomic mass is 9.90. The lowest BCUT2D eigenvalue weighted by molar-refractivity contribution is -0.134. The molecule has 78 valence electrons. The van der Waals surface area contributed by atoms with Crippen LogP contribution in [0.2, 0.25) is 0 Å². The molecule has 0 aliphatic heterocycles. The third kappa shape index (κ3) is 2.70. The predicted molar refractivity (Wildman–Crippen MR) is 53.9 cm³/mol. The van der Waals surface area contributed by atoms with Crippen molar-refractivity contribution < 1.29 is 14.3 Å². The van der Waals surface area contributed by atoms with Crippen molar-refractivity contribution >= 4 is 5.97 Å². The topological polar surface area (TPSA) is 35.5 Å². The van der Waals surface area contributed by atoms with Crippen LogP contribution in [0.25, 0.3) is 0 Å². The van der Waals surface area contributed by atoms with E-state index in [2.05, 4.69) is 4.74 Å². The van der Waals surface area contributed by atoms with Crippen LogP contribution in [0, 0.1) is 0 Å². The Morgan fingerprint density at radius 2 is 2.29 bits per heavy atom. The van der Waals surface area contributed by atoms with Gasteiger partial charge in [-0.25, -0.2) is 4.79 Å². The van der Waals surface area contributed by atoms with Crippen molar-refractivity contribution in [3.05, 3.63) is 23.8 Å². The summed E-state index contributed by atoms with van der Waals surface area (Å²) in [6.07, 6.45) is 7.15. The molecule has 0 saturated heterocycles. The number of carbonyl (C=O) groups is 1. The van der Waals surface area contributed by atoms with Gasteiger partial charge >= 0.3 is 5.97 Å². The Labute approximate surface area is 84.4 Å². The van der Waals surface area contributed by atoms with Gasteiger partial charge in [0.05, 0.1) is 12.7 Å². The minimum atomic E-state index is -0.300. The van der Waals surface area contributed by atoms with E-state index in [1.807, 2.05) is 19.1 Å². The maximum absolute atomic E-state index is 10.9. The van der Waals surface area contributed by atoms with Crippen LogP contribution in [-0.4, -0.2) is 25.8 Å². The second kappa shape index (κ2) is 4.42. The molecule has 1 aliphatic carbocycles. The van der Waals surface area contributed by atoms with Crippen molar-refractivity contribution in [2.75, 3.05) is 14.2 Å². The number of ether oxygens (including phenoxy) is 2. The van der Waals surface area contributed by atoms with Gasteiger partial charge in [-0.2, -0.15) is 0 Å². The first-order chi connectivity index (χ1) is 6.59. The predicted octanol–water partition coefficient (Wildman–Crippen LogP) is 1.84. The Morgan fingerprint density at radius 3 is 2.71 bits per heavy atom. The summed E-state index contributed by atoms with van der Waals surface area (Å²) in [7, 11) is 3.07. The van der Waals surface area contributed by atoms with Gasteiger partial charge in [0, 0.05) is 13.2 Å². The smallest absolute Gasteiger partial charge is 0.330 e. The van der Waals surface area contributed by atoms with Gasteiger partial charge in [0.2, 0.25) is 0 Å². The van der Waals surface area contributed by atoms with E-state index in [9.17, 15) is 4.79 Å². The molecule has 1 aliphatic rings. The molecular weight excluding hydrogens is 180 g/mol. The molecule has 0 bridgehead atoms. The molecule has 0 N–H and O–H groups in total. The first kappa shape index (κ1) is 11.0. The van der Waals surface area contributed by atoms with E-state index >= 15 is 0 Å². The molecule has 1 rings (SSSR count). The van der Waals surface area contributed by atoms with E-state index in [1.54, 1.807) is 7.11 Å². The van der Waals surface area contributed by atoms with Crippen LogP contribution in [-0.2, 0) is 14.3 Å². The highest BCUT2D eigenvalue weighted by Gasteiger charge is 2.23. The molecule has 0 amide bonds. The number of methoxy groups -OCH3 is 2. The quantitative estimate of drug-likeness (QED) is 0.499. The lowest BCUT2D eigenvalue weighted by Gasteiger charge is -2.28. The standard InChI is InChI=1S/C11H16O3/c1-11(14-3)6-4-9(5-7-11)8-10(12)13-2/h4,6,8H,5,7H2,1-3H3. The average molecular weight is 196 g/mol. The summed E-state index contributed by atoms with van der Waals surface area (Å²) in [6.45, 7) is 2.03. The molecule has 0 saturated carbocycles. The number of esters is 1. The number of hydrogen-bond donors (Lipinski definition) is 0. The molecular formula is C11H16O3. The van der Waals surface area contributed by atoms with Crippen molar-refractivity contribution in [3.63, 3.8) is 0 Å². The van der Waals surface area contributed by atoms with E-state index in [4.69, 9.17) is 4.74 Å². The molecule has 0 aromatic carbocycles. The van der Waals surface area contributed by atoms with E-state index < -0.39 is 0 Å². The normalized spacial score (nSPS) is 29.2. The molecule has 0 spiro atoms. The van der Waals surface area contributed by atoms with Crippen LogP contribution in [0.1, 0.15) is 19.8 Å². The molecule has 0 aromatic heterocycles. The average Bonchev–Trinajstić information content (AvgIpc) is 2.21. The molecule has 14 heavy (non-hydrogen) atoms. The molecule has 0 fully saturated rings. The van der Waals surface area contributed by atoms with Crippen LogP contribution >= 0.6 is 0 Å². The summed E-state index contributed by atoms with van der Waals surface area (Å²) in [5.41, 5.74) is 0.805. The van der Waals surface area contributed by atoms with Crippen molar-refractivity contribution in [2.24, 2.45) is 0 Å². The monoisotopic (exact) mass is 196 g/mol. The maximum Gasteiger partial charge on any atom is 0.330 e. The van der Waals surface area contributed by atoms with Crippen molar-refractivity contribution in [1.82, 2.24) is 0 Å². The summed E-state index contributed by atoms with van der Waals surface area (Å²) < 4.78 is 9.88. The van der Waals surface area contributed by atoms with E-state index in [0.29, 0.717) is 0 Å². The van der Waals surface area contributed by atoms with Gasteiger partial charge in [-0.1, -0.05) is 12.2 Å². The number of allylic oxidation sites excluding steroid dienone is 2. The van der Waals surface area contributed by atoms with Crippen LogP contribution in [0.5, 0.6) is 0 Å². The fourth-order valence-corrected chi connectivity index (χ4v) is 1.34. The minimum absolute atomic E-state index is 0.187. The number of carbonyl (C=O) groups excluding carboxylic acids is 1. The molecule has 0 aromatic rings. The lowest BCUT2D eigenvalue weighted by Crippen LogP contribution is -2.26. The van der Waals surface area contributed by atoms with Gasteiger partial charge in [-0.05, 0) is 25.3 Å². The highest BCUT2D eigenvalue weighted by Crippen LogP contribution is 2.27. The van der Waals surface area contributed by atoms with Gasteiger partial charge in [0.1, 0.15) is 0 Å². The fourth-order valence-electron chi connectivity index (χ4n) is 1.34. The SMILES string of the molecule is COC(=O)C=C1C=CC(C)(OC)CC1. The van der Waals surface area contributed by atoms with Crippen molar-refractivity contribution in [2.45, 2.75) is 25.4 Å². The van der Waals surface area contributed by atoms with Gasteiger partial charge in [-0.15, -0.1) is 0 Å². The fraction of sp³-hybridized carbons (Fsp3) is 0.545. The Hall–Kier alpha value is -1.09. The summed E-state index contributed by atoms with van der Waals surface area (Å²) >= 11 is 0. The van der Waals surface area contributed by atoms with Gasteiger partial charge in [0.25, 0.3) is 0 Å². The first-order valence-electron chi connectivity index (χ1n) is 4.62. The number of rotatable bonds is 2. The maximum atomic E-state index is 10.9. The Morgan fingerprint density at radius 1 is 1.57 bits per heavy atom. The van der Waals surface area contributed by atoms with E-state index in [0.717, 1.165) is 18.4 Å². The Bertz CT molecular complexity index is 278. The Kier molecular flexibility index (Phi) is 3.47. The Balaban J connectivity index is 2.69. The van der Waals surface area contributed by atoms with Crippen LogP contribution in [0.15, 0.2) is 23.8 Å². The van der Waals surface area contributed by atoms with Crippen molar-refractivity contribution in [1.29, 1.82) is 0 Å². The third-order valence-corrected chi connectivity index (χ3v) is 2.53. The van der Waals surface area contributed by atoms with Gasteiger partial charge < -0.3 is 9.47 Å². The second-order valence-electron chi connectivity index (χ2n) is 3.59. The van der Waals surface area contributed by atoms with E-state index in [1.165, 1.54) is 13.2 Å². The van der Waals surface area contributed by atoms with Crippen LogP contribution < -0.4 is 0 Å². The summed E-state index contributed by atoms with van der Waals surface area (Å²) in [5, 5.41) is 0. The summed E-state index contributed by atoms with van der Waals surface area (Å²) in [6, 6.07) is 0. The zero-order chi connectivity index (χ0) is 10.6. The second-order valence-corrected chi connectivity index (χ2v) is 3.59. The van der Waals surface area contributed by atoms with Gasteiger partial charge in [-0.3, -0.25) is 0 Å². The summed E-state index contributed by atoms with van der Waals surface area (Å²) in [4.78, 5) is 10.9. The molecule has 1 unspecified atom stereocenters. The van der Waals surface area contributed by atoms with E-state index in [-0.39, 0.29) is 11.6 Å². The van der Waals surface area contributed by atoms with Crippen LogP contribution in [0.3, 0.4) is 0 Å². The largest absolute Gasteiger partial charge is 0.466 e. The zero-order valence-electron chi connectivity index (χ0n) is 8.87. The van der Waals surface area contributed by atoms with Crippen molar-refractivity contribution in [3.8, 4) is 0 Å². The number of hydrogen-bond acceptors (Lipinski definition) is 3.